The van der Waals surface area contributed by atoms with E-state index in [1.165, 1.54) is 4.90 Å². The number of hydrogen-bond donors (Lipinski definition) is 2. The molecule has 0 aliphatic carbocycles. The van der Waals surface area contributed by atoms with Crippen molar-refractivity contribution in [3.05, 3.63) is 12.7 Å². The number of fused-ring (bicyclic) bond motifs is 1. The van der Waals surface area contributed by atoms with Gasteiger partial charge in [0.25, 0.3) is 0 Å². The third kappa shape index (κ3) is 3.48. The molecule has 0 saturated carbocycles. The van der Waals surface area contributed by atoms with Gasteiger partial charge >= 0.3 is 5.97 Å². The van der Waals surface area contributed by atoms with Crippen molar-refractivity contribution in [3.8, 4) is 0 Å². The predicted octanol–water partition coefficient (Wildman–Crippen LogP) is 1.40. The maximum Gasteiger partial charge on any atom is 0.310 e. The number of amides is 2. The second kappa shape index (κ2) is 8.96. The fourth-order valence-corrected chi connectivity index (χ4v) is 6.47. The number of carboxylic acids is 1. The van der Waals surface area contributed by atoms with Crippen LogP contribution in [-0.4, -0.2) is 86.1 Å². The summed E-state index contributed by atoms with van der Waals surface area (Å²) in [5.41, 5.74) is -1.17. The second-order valence-electron chi connectivity index (χ2n) is 8.53. The summed E-state index contributed by atoms with van der Waals surface area (Å²) in [6, 6.07) is -0.963. The first kappa shape index (κ1) is 23.2. The van der Waals surface area contributed by atoms with Gasteiger partial charge in [0.2, 0.25) is 11.8 Å². The van der Waals surface area contributed by atoms with Crippen LogP contribution >= 0.6 is 15.9 Å². The van der Waals surface area contributed by atoms with Crippen molar-refractivity contribution < 1.29 is 29.3 Å². The van der Waals surface area contributed by atoms with Crippen LogP contribution in [0.3, 0.4) is 0 Å². The molecule has 2 amide bonds. The van der Waals surface area contributed by atoms with Gasteiger partial charge in [0.05, 0.1) is 17.9 Å². The molecule has 9 heteroatoms. The lowest BCUT2D eigenvalue weighted by Gasteiger charge is -2.39. The highest BCUT2D eigenvalue weighted by molar-refractivity contribution is 9.09. The van der Waals surface area contributed by atoms with Gasteiger partial charge in [-0.3, -0.25) is 14.4 Å². The smallest absolute Gasteiger partial charge is 0.310 e. The van der Waals surface area contributed by atoms with E-state index >= 15 is 0 Å². The highest BCUT2D eigenvalue weighted by atomic mass is 79.9. The lowest BCUT2D eigenvalue weighted by molar-refractivity contribution is -0.151. The van der Waals surface area contributed by atoms with Crippen molar-refractivity contribution in [2.45, 2.75) is 68.1 Å². The van der Waals surface area contributed by atoms with E-state index in [0.29, 0.717) is 19.4 Å². The summed E-state index contributed by atoms with van der Waals surface area (Å²) in [5.74, 6) is -3.57. The molecule has 0 aromatic carbocycles. The van der Waals surface area contributed by atoms with E-state index < -0.39 is 35.6 Å². The number of rotatable bonds is 10. The fourth-order valence-electron chi connectivity index (χ4n) is 5.53. The first-order chi connectivity index (χ1) is 14.2. The van der Waals surface area contributed by atoms with E-state index in [-0.39, 0.29) is 35.8 Å². The van der Waals surface area contributed by atoms with Crippen LogP contribution in [0.1, 0.15) is 39.5 Å². The van der Waals surface area contributed by atoms with E-state index in [4.69, 9.17) is 4.74 Å². The molecule has 0 aromatic rings. The molecular formula is C21H31BrN2O6. The summed E-state index contributed by atoms with van der Waals surface area (Å²) in [7, 11) is 0. The molecule has 7 atom stereocenters. The fraction of sp³-hybridized carbons (Fsp3) is 0.762. The molecule has 3 aliphatic rings. The Morgan fingerprint density at radius 1 is 1.50 bits per heavy atom. The zero-order chi connectivity index (χ0) is 22.2. The molecule has 3 aliphatic heterocycles. The van der Waals surface area contributed by atoms with E-state index in [9.17, 15) is 24.6 Å². The van der Waals surface area contributed by atoms with Crippen LogP contribution in [0, 0.1) is 11.8 Å². The van der Waals surface area contributed by atoms with Gasteiger partial charge < -0.3 is 24.7 Å². The largest absolute Gasteiger partial charge is 0.481 e. The first-order valence-corrected chi connectivity index (χ1v) is 11.5. The highest BCUT2D eigenvalue weighted by Gasteiger charge is 2.76. The van der Waals surface area contributed by atoms with Crippen LogP contribution in [-0.2, 0) is 19.1 Å². The van der Waals surface area contributed by atoms with Crippen molar-refractivity contribution in [2.24, 2.45) is 11.8 Å². The van der Waals surface area contributed by atoms with Crippen molar-refractivity contribution in [2.75, 3.05) is 19.7 Å². The molecular weight excluding hydrogens is 456 g/mol. The summed E-state index contributed by atoms with van der Waals surface area (Å²) in [6.07, 6.45) is 3.42. The number of hydrogen-bond acceptors (Lipinski definition) is 5. The maximum absolute atomic E-state index is 13.9. The van der Waals surface area contributed by atoms with E-state index in [0.717, 1.165) is 12.8 Å². The number of halogens is 1. The molecule has 0 aromatic heterocycles. The Labute approximate surface area is 185 Å². The van der Waals surface area contributed by atoms with Crippen molar-refractivity contribution >= 4 is 33.7 Å². The molecule has 3 saturated heterocycles. The molecule has 1 spiro atoms. The van der Waals surface area contributed by atoms with Crippen LogP contribution in [0.25, 0.3) is 0 Å². The summed E-state index contributed by atoms with van der Waals surface area (Å²) in [4.78, 5) is 42.2. The molecule has 168 valence electrons. The van der Waals surface area contributed by atoms with Gasteiger partial charge in [-0.1, -0.05) is 35.4 Å². The van der Waals surface area contributed by atoms with E-state index in [1.807, 2.05) is 13.8 Å². The molecule has 2 N–H and O–H groups in total. The van der Waals surface area contributed by atoms with Gasteiger partial charge in [-0.2, -0.15) is 0 Å². The number of likely N-dealkylation sites (tertiary alicyclic amines) is 1. The lowest BCUT2D eigenvalue weighted by atomic mass is 9.70. The van der Waals surface area contributed by atoms with E-state index in [2.05, 4.69) is 22.5 Å². The van der Waals surface area contributed by atoms with Gasteiger partial charge in [-0.05, 0) is 26.2 Å². The molecule has 8 nitrogen and oxygen atoms in total. The van der Waals surface area contributed by atoms with Crippen LogP contribution < -0.4 is 0 Å². The Morgan fingerprint density at radius 2 is 2.20 bits per heavy atom. The molecule has 4 unspecified atom stereocenters. The zero-order valence-corrected chi connectivity index (χ0v) is 19.1. The van der Waals surface area contributed by atoms with Gasteiger partial charge in [0.1, 0.15) is 11.6 Å². The van der Waals surface area contributed by atoms with Crippen molar-refractivity contribution in [3.63, 3.8) is 0 Å². The zero-order valence-electron chi connectivity index (χ0n) is 17.5. The normalized spacial score (nSPS) is 35.4. The number of carboxylic acid groups (broad SMARTS) is 1. The van der Waals surface area contributed by atoms with Crippen LogP contribution in [0.4, 0.5) is 0 Å². The van der Waals surface area contributed by atoms with Gasteiger partial charge in [-0.15, -0.1) is 6.58 Å². The Balaban J connectivity index is 2.04. The minimum absolute atomic E-state index is 0.0561. The lowest BCUT2D eigenvalue weighted by Crippen LogP contribution is -2.58. The van der Waals surface area contributed by atoms with Crippen LogP contribution in [0.5, 0.6) is 0 Å². The van der Waals surface area contributed by atoms with Gasteiger partial charge in [0, 0.05) is 30.6 Å². The van der Waals surface area contributed by atoms with Crippen LogP contribution in [0.2, 0.25) is 0 Å². The summed E-state index contributed by atoms with van der Waals surface area (Å²) >= 11 is 3.53. The monoisotopic (exact) mass is 486 g/mol. The number of alkyl halides is 1. The molecule has 3 heterocycles. The number of aliphatic hydroxyl groups is 1. The molecule has 0 radical (unpaired) electrons. The maximum atomic E-state index is 13.9. The van der Waals surface area contributed by atoms with Crippen molar-refractivity contribution in [1.29, 1.82) is 0 Å². The van der Waals surface area contributed by atoms with Gasteiger partial charge in [-0.25, -0.2) is 0 Å². The Bertz CT molecular complexity index is 718. The standard InChI is InChI=1S/C21H31BrN2O6/c1-4-7-12(3)23(8-5-2)19(27)17-21-11-13(22)16(30-21)14(20(28)29)15(21)18(26)24(17)9-6-10-25/h5,12-17,25H,2,4,6-11H2,1,3H3,(H,28,29)/t12?,13?,14-,15+,16-,17?,21?/m1/s1. The third-order valence-corrected chi connectivity index (χ3v) is 7.56. The first-order valence-electron chi connectivity index (χ1n) is 10.6. The second-order valence-corrected chi connectivity index (χ2v) is 9.70. The SMILES string of the molecule is C=CCN(C(=O)C1N(CCCO)C(=O)[C@@H]2[C@@H](C(=O)O)[C@@H]3OC12CC3Br)C(C)CCC. The number of aliphatic hydroxyl groups excluding tert-OH is 1. The topological polar surface area (TPSA) is 107 Å². The number of carbonyl (C=O) groups is 3. The van der Waals surface area contributed by atoms with Crippen molar-refractivity contribution in [1.82, 2.24) is 9.80 Å². The Kier molecular flexibility index (Phi) is 6.94. The number of carbonyl (C=O) groups excluding carboxylic acids is 2. The Morgan fingerprint density at radius 3 is 2.77 bits per heavy atom. The summed E-state index contributed by atoms with van der Waals surface area (Å²) in [6.45, 7) is 8.17. The summed E-state index contributed by atoms with van der Waals surface area (Å²) < 4.78 is 6.23. The quantitative estimate of drug-likeness (QED) is 0.357. The van der Waals surface area contributed by atoms with E-state index in [1.54, 1.807) is 11.0 Å². The molecule has 2 bridgehead atoms. The number of ether oxygens (including phenoxy) is 1. The molecule has 3 fully saturated rings. The Hall–Kier alpha value is -1.45. The number of aliphatic carboxylic acids is 1. The third-order valence-electron chi connectivity index (χ3n) is 6.71. The van der Waals surface area contributed by atoms with Crippen LogP contribution in [0.15, 0.2) is 12.7 Å². The number of nitrogens with zero attached hydrogens (tertiary/aromatic N) is 2. The summed E-state index contributed by atoms with van der Waals surface area (Å²) in [5, 5.41) is 19.2. The average molecular weight is 487 g/mol. The minimum atomic E-state index is -1.17. The average Bonchev–Trinajstić information content (AvgIpc) is 3.27. The van der Waals surface area contributed by atoms with Gasteiger partial charge in [0.15, 0.2) is 0 Å². The highest BCUT2D eigenvalue weighted by Crippen LogP contribution is 2.60. The minimum Gasteiger partial charge on any atom is -0.481 e. The molecule has 30 heavy (non-hydrogen) atoms. The predicted molar refractivity (Wildman–Crippen MR) is 113 cm³/mol. The molecule has 3 rings (SSSR count).